The molecule has 3 aromatic rings. The van der Waals surface area contributed by atoms with Gasteiger partial charge in [0.1, 0.15) is 11.5 Å². The van der Waals surface area contributed by atoms with Crippen LogP contribution in [0.5, 0.6) is 11.5 Å². The topological polar surface area (TPSA) is 71.1 Å². The molecule has 0 aromatic heterocycles. The predicted molar refractivity (Wildman–Crippen MR) is 162 cm³/mol. The molecule has 1 saturated heterocycles. The number of carbonyl (C=O) groups is 2. The van der Waals surface area contributed by atoms with Gasteiger partial charge < -0.3 is 19.7 Å². The SMILES string of the molecule is COc1ccc(C2C(C(=O)NCCCN3CC(C)CC(C)C3)c3ccccc3C(=O)N2c2ccc(OC)cc2)cc1. The number of rotatable bonds is 9. The Morgan fingerprint density at radius 1 is 0.878 bits per heavy atom. The van der Waals surface area contributed by atoms with Crippen LogP contribution in [0.1, 0.15) is 60.1 Å². The number of benzene rings is 3. The van der Waals surface area contributed by atoms with E-state index in [0.717, 1.165) is 42.9 Å². The van der Waals surface area contributed by atoms with Crippen molar-refractivity contribution >= 4 is 17.5 Å². The first kappa shape index (κ1) is 28.7. The predicted octanol–water partition coefficient (Wildman–Crippen LogP) is 5.67. The molecule has 41 heavy (non-hydrogen) atoms. The lowest BCUT2D eigenvalue weighted by molar-refractivity contribution is -0.123. The zero-order valence-electron chi connectivity index (χ0n) is 24.5. The fraction of sp³-hybridized carbons (Fsp3) is 0.412. The van der Waals surface area contributed by atoms with E-state index >= 15 is 0 Å². The van der Waals surface area contributed by atoms with Crippen LogP contribution in [-0.2, 0) is 4.79 Å². The molecule has 2 aliphatic rings. The second-order valence-corrected chi connectivity index (χ2v) is 11.5. The van der Waals surface area contributed by atoms with Crippen molar-refractivity contribution in [1.82, 2.24) is 10.2 Å². The van der Waals surface area contributed by atoms with E-state index in [1.165, 1.54) is 6.42 Å². The van der Waals surface area contributed by atoms with E-state index in [9.17, 15) is 9.59 Å². The number of anilines is 1. The number of methoxy groups -OCH3 is 2. The molecule has 216 valence electrons. The average Bonchev–Trinajstić information content (AvgIpc) is 2.99. The summed E-state index contributed by atoms with van der Waals surface area (Å²) in [7, 11) is 3.24. The highest BCUT2D eigenvalue weighted by atomic mass is 16.5. The Hall–Kier alpha value is -3.84. The summed E-state index contributed by atoms with van der Waals surface area (Å²) < 4.78 is 10.8. The van der Waals surface area contributed by atoms with Gasteiger partial charge >= 0.3 is 0 Å². The fourth-order valence-corrected chi connectivity index (χ4v) is 6.58. The Bertz CT molecular complexity index is 1330. The minimum atomic E-state index is -0.588. The van der Waals surface area contributed by atoms with Gasteiger partial charge in [0.2, 0.25) is 5.91 Å². The molecular weight excluding hydrogens is 514 g/mol. The van der Waals surface area contributed by atoms with Crippen LogP contribution in [0.15, 0.2) is 72.8 Å². The second-order valence-electron chi connectivity index (χ2n) is 11.5. The third-order valence-corrected chi connectivity index (χ3v) is 8.32. The van der Waals surface area contributed by atoms with E-state index in [1.807, 2.05) is 72.8 Å². The maximum absolute atomic E-state index is 14.1. The molecule has 3 aromatic carbocycles. The van der Waals surface area contributed by atoms with Crippen LogP contribution in [-0.4, -0.2) is 57.1 Å². The van der Waals surface area contributed by atoms with Crippen molar-refractivity contribution in [3.8, 4) is 11.5 Å². The van der Waals surface area contributed by atoms with Gasteiger partial charge in [-0.05, 0) is 84.8 Å². The molecule has 0 aliphatic carbocycles. The zero-order chi connectivity index (χ0) is 28.9. The van der Waals surface area contributed by atoms with E-state index in [1.54, 1.807) is 19.1 Å². The van der Waals surface area contributed by atoms with E-state index < -0.39 is 12.0 Å². The van der Waals surface area contributed by atoms with Crippen LogP contribution < -0.4 is 19.7 Å². The molecule has 4 unspecified atom stereocenters. The molecule has 2 amide bonds. The number of hydrogen-bond donors (Lipinski definition) is 1. The summed E-state index contributed by atoms with van der Waals surface area (Å²) in [6, 6.07) is 22.0. The van der Waals surface area contributed by atoms with Crippen LogP contribution in [0.25, 0.3) is 0 Å². The Balaban J connectivity index is 1.46. The first-order chi connectivity index (χ1) is 19.9. The van der Waals surface area contributed by atoms with Gasteiger partial charge in [0.05, 0.1) is 26.2 Å². The van der Waals surface area contributed by atoms with Gasteiger partial charge in [-0.15, -0.1) is 0 Å². The number of likely N-dealkylation sites (tertiary alicyclic amines) is 1. The van der Waals surface area contributed by atoms with Gasteiger partial charge in [0, 0.05) is 30.9 Å². The van der Waals surface area contributed by atoms with E-state index in [-0.39, 0.29) is 11.8 Å². The first-order valence-electron chi connectivity index (χ1n) is 14.6. The second kappa shape index (κ2) is 12.8. The van der Waals surface area contributed by atoms with Crippen LogP contribution in [0.2, 0.25) is 0 Å². The fourth-order valence-electron chi connectivity index (χ4n) is 6.58. The highest BCUT2D eigenvalue weighted by Gasteiger charge is 2.44. The maximum Gasteiger partial charge on any atom is 0.259 e. The molecule has 0 saturated carbocycles. The summed E-state index contributed by atoms with van der Waals surface area (Å²) in [5, 5.41) is 3.23. The molecule has 7 nitrogen and oxygen atoms in total. The van der Waals surface area contributed by atoms with E-state index in [0.29, 0.717) is 35.4 Å². The normalized spacial score (nSPS) is 22.6. The smallest absolute Gasteiger partial charge is 0.259 e. The van der Waals surface area contributed by atoms with Gasteiger partial charge in [-0.1, -0.05) is 44.2 Å². The number of ether oxygens (including phenoxy) is 2. The summed E-state index contributed by atoms with van der Waals surface area (Å²) in [5.41, 5.74) is 2.86. The quantitative estimate of drug-likeness (QED) is 0.345. The number of nitrogens with one attached hydrogen (secondary N) is 1. The minimum Gasteiger partial charge on any atom is -0.497 e. The number of carbonyl (C=O) groups excluding carboxylic acids is 2. The highest BCUT2D eigenvalue weighted by molar-refractivity contribution is 6.11. The molecule has 2 aliphatic heterocycles. The van der Waals surface area contributed by atoms with Gasteiger partial charge in [0.15, 0.2) is 0 Å². The van der Waals surface area contributed by atoms with Crippen molar-refractivity contribution in [2.24, 2.45) is 11.8 Å². The molecule has 4 atom stereocenters. The molecular formula is C34H41N3O4. The molecule has 0 radical (unpaired) electrons. The van der Waals surface area contributed by atoms with E-state index in [2.05, 4.69) is 24.1 Å². The van der Waals surface area contributed by atoms with Crippen LogP contribution >= 0.6 is 0 Å². The lowest BCUT2D eigenvalue weighted by Crippen LogP contribution is -2.48. The molecule has 0 spiro atoms. The van der Waals surface area contributed by atoms with Gasteiger partial charge in [-0.25, -0.2) is 0 Å². The lowest BCUT2D eigenvalue weighted by Gasteiger charge is -2.42. The molecule has 7 heteroatoms. The molecule has 2 heterocycles. The average molecular weight is 556 g/mol. The Kier molecular flexibility index (Phi) is 8.93. The molecule has 0 bridgehead atoms. The summed E-state index contributed by atoms with van der Waals surface area (Å²) in [4.78, 5) is 32.4. The van der Waals surface area contributed by atoms with Crippen molar-refractivity contribution < 1.29 is 19.1 Å². The summed E-state index contributed by atoms with van der Waals surface area (Å²) in [5.74, 6) is 2.03. The Morgan fingerprint density at radius 2 is 1.49 bits per heavy atom. The van der Waals surface area contributed by atoms with Crippen molar-refractivity contribution in [1.29, 1.82) is 0 Å². The Labute approximate surface area is 243 Å². The van der Waals surface area contributed by atoms with Crippen molar-refractivity contribution in [3.05, 3.63) is 89.5 Å². The number of amides is 2. The maximum atomic E-state index is 14.1. The van der Waals surface area contributed by atoms with Crippen molar-refractivity contribution in [3.63, 3.8) is 0 Å². The number of fused-ring (bicyclic) bond motifs is 1. The van der Waals surface area contributed by atoms with Crippen molar-refractivity contribution in [2.75, 3.05) is 45.3 Å². The number of hydrogen-bond acceptors (Lipinski definition) is 5. The standard InChI is InChI=1S/C34H41N3O4/c1-23-20-24(2)22-36(21-23)19-7-18-35-33(38)31-29-8-5-6-9-30(29)34(39)37(26-12-16-28(41-4)17-13-26)32(31)25-10-14-27(40-3)15-11-25/h5-6,8-17,23-24,31-32H,7,18-22H2,1-4H3,(H,35,38). The summed E-state index contributed by atoms with van der Waals surface area (Å²) in [6.45, 7) is 8.43. The molecule has 5 rings (SSSR count). The van der Waals surface area contributed by atoms with Crippen LogP contribution in [0, 0.1) is 11.8 Å². The van der Waals surface area contributed by atoms with Gasteiger partial charge in [0.25, 0.3) is 5.91 Å². The number of nitrogens with zero attached hydrogens (tertiary/aromatic N) is 2. The molecule has 1 fully saturated rings. The minimum absolute atomic E-state index is 0.0790. The van der Waals surface area contributed by atoms with Crippen LogP contribution in [0.4, 0.5) is 5.69 Å². The van der Waals surface area contributed by atoms with Crippen molar-refractivity contribution in [2.45, 2.75) is 38.6 Å². The van der Waals surface area contributed by atoms with Gasteiger partial charge in [-0.3, -0.25) is 14.5 Å². The highest BCUT2D eigenvalue weighted by Crippen LogP contribution is 2.45. The zero-order valence-corrected chi connectivity index (χ0v) is 24.5. The third-order valence-electron chi connectivity index (χ3n) is 8.32. The van der Waals surface area contributed by atoms with E-state index in [4.69, 9.17) is 9.47 Å². The third kappa shape index (κ3) is 6.25. The van der Waals surface area contributed by atoms with Crippen LogP contribution in [0.3, 0.4) is 0 Å². The summed E-state index contributed by atoms with van der Waals surface area (Å²) in [6.07, 6.45) is 2.17. The van der Waals surface area contributed by atoms with Gasteiger partial charge in [-0.2, -0.15) is 0 Å². The number of piperidine rings is 1. The lowest BCUT2D eigenvalue weighted by atomic mass is 9.78. The summed E-state index contributed by atoms with van der Waals surface area (Å²) >= 11 is 0. The monoisotopic (exact) mass is 555 g/mol. The Morgan fingerprint density at radius 3 is 2.12 bits per heavy atom. The first-order valence-corrected chi connectivity index (χ1v) is 14.6. The molecule has 1 N–H and O–H groups in total. The largest absolute Gasteiger partial charge is 0.497 e.